The van der Waals surface area contributed by atoms with E-state index in [-0.39, 0.29) is 5.91 Å². The first-order valence-electron chi connectivity index (χ1n) is 5.47. The molecule has 1 aromatic heterocycles. The number of carbonyl (C=O) groups excluding carboxylic acids is 1. The highest BCUT2D eigenvalue weighted by Gasteiger charge is 2.06. The van der Waals surface area contributed by atoms with Gasteiger partial charge >= 0.3 is 0 Å². The van der Waals surface area contributed by atoms with Crippen LogP contribution in [0.2, 0.25) is 0 Å². The van der Waals surface area contributed by atoms with E-state index in [0.717, 1.165) is 5.56 Å². The molecule has 1 amide bonds. The average molecular weight is 229 g/mol. The monoisotopic (exact) mass is 229 g/mol. The molecule has 0 atom stereocenters. The minimum Gasteiger partial charge on any atom is -0.348 e. The molecule has 4 nitrogen and oxygen atoms in total. The highest BCUT2D eigenvalue weighted by atomic mass is 16.1. The van der Waals surface area contributed by atoms with Crippen LogP contribution < -0.4 is 5.32 Å². The standard InChI is InChI=1S/C13H15N3O/c1-10-3-5-11(6-4-10)7-14-13(17)12-8-15-16(2)9-12/h3-6,8-9H,7H2,1-2H3,(H,14,17). The third kappa shape index (κ3) is 2.93. The van der Waals surface area contributed by atoms with Crippen molar-refractivity contribution in [3.05, 3.63) is 53.3 Å². The van der Waals surface area contributed by atoms with Crippen molar-refractivity contribution in [3.63, 3.8) is 0 Å². The molecule has 17 heavy (non-hydrogen) atoms. The fourth-order valence-electron chi connectivity index (χ4n) is 1.53. The van der Waals surface area contributed by atoms with Gasteiger partial charge in [-0.05, 0) is 12.5 Å². The van der Waals surface area contributed by atoms with Gasteiger partial charge in [-0.3, -0.25) is 9.48 Å². The van der Waals surface area contributed by atoms with Crippen LogP contribution in [0.15, 0.2) is 36.7 Å². The number of nitrogens with one attached hydrogen (secondary N) is 1. The Balaban J connectivity index is 1.94. The molecule has 0 aliphatic heterocycles. The summed E-state index contributed by atoms with van der Waals surface area (Å²) >= 11 is 0. The summed E-state index contributed by atoms with van der Waals surface area (Å²) in [6.07, 6.45) is 3.26. The van der Waals surface area contributed by atoms with Crippen molar-refractivity contribution in [2.75, 3.05) is 0 Å². The van der Waals surface area contributed by atoms with Gasteiger partial charge in [0, 0.05) is 19.8 Å². The van der Waals surface area contributed by atoms with Crippen molar-refractivity contribution >= 4 is 5.91 Å². The summed E-state index contributed by atoms with van der Waals surface area (Å²) < 4.78 is 1.61. The van der Waals surface area contributed by atoms with Crippen LogP contribution in [-0.2, 0) is 13.6 Å². The van der Waals surface area contributed by atoms with Crippen LogP contribution in [0, 0.1) is 6.92 Å². The maximum atomic E-state index is 11.7. The number of aryl methyl sites for hydroxylation is 2. The van der Waals surface area contributed by atoms with E-state index in [4.69, 9.17) is 0 Å². The third-order valence-electron chi connectivity index (χ3n) is 2.54. The van der Waals surface area contributed by atoms with Crippen molar-refractivity contribution in [2.45, 2.75) is 13.5 Å². The van der Waals surface area contributed by atoms with Gasteiger partial charge in [0.05, 0.1) is 11.8 Å². The summed E-state index contributed by atoms with van der Waals surface area (Å²) in [5.74, 6) is -0.0984. The lowest BCUT2D eigenvalue weighted by Gasteiger charge is -2.04. The van der Waals surface area contributed by atoms with Crippen LogP contribution in [0.1, 0.15) is 21.5 Å². The second-order valence-corrected chi connectivity index (χ2v) is 4.07. The Morgan fingerprint density at radius 2 is 2.06 bits per heavy atom. The molecule has 0 saturated heterocycles. The molecular weight excluding hydrogens is 214 g/mol. The number of aromatic nitrogens is 2. The van der Waals surface area contributed by atoms with Gasteiger partial charge in [0.2, 0.25) is 0 Å². The molecule has 0 saturated carbocycles. The molecular formula is C13H15N3O. The Morgan fingerprint density at radius 3 is 2.65 bits per heavy atom. The topological polar surface area (TPSA) is 46.9 Å². The molecule has 0 aliphatic carbocycles. The van der Waals surface area contributed by atoms with Gasteiger partial charge in [-0.1, -0.05) is 29.8 Å². The van der Waals surface area contributed by atoms with E-state index < -0.39 is 0 Å². The molecule has 88 valence electrons. The van der Waals surface area contributed by atoms with E-state index in [1.54, 1.807) is 24.1 Å². The molecule has 2 rings (SSSR count). The molecule has 1 aromatic carbocycles. The smallest absolute Gasteiger partial charge is 0.254 e. The largest absolute Gasteiger partial charge is 0.348 e. The number of amides is 1. The SMILES string of the molecule is Cc1ccc(CNC(=O)c2cnn(C)c2)cc1. The maximum Gasteiger partial charge on any atom is 0.254 e. The predicted octanol–water partition coefficient (Wildman–Crippen LogP) is 1.66. The van der Waals surface area contributed by atoms with Crippen molar-refractivity contribution in [1.82, 2.24) is 15.1 Å². The molecule has 1 N–H and O–H groups in total. The Kier molecular flexibility index (Phi) is 3.23. The molecule has 0 aliphatic rings. The van der Waals surface area contributed by atoms with E-state index in [1.165, 1.54) is 5.56 Å². The zero-order valence-electron chi connectivity index (χ0n) is 9.97. The van der Waals surface area contributed by atoms with Crippen molar-refractivity contribution < 1.29 is 4.79 Å². The summed E-state index contributed by atoms with van der Waals surface area (Å²) in [7, 11) is 1.79. The second kappa shape index (κ2) is 4.82. The number of nitrogens with zero attached hydrogens (tertiary/aromatic N) is 2. The Hall–Kier alpha value is -2.10. The average Bonchev–Trinajstić information content (AvgIpc) is 2.75. The first kappa shape index (κ1) is 11.4. The third-order valence-corrected chi connectivity index (χ3v) is 2.54. The van der Waals surface area contributed by atoms with Crippen LogP contribution in [0.25, 0.3) is 0 Å². The summed E-state index contributed by atoms with van der Waals surface area (Å²) in [5, 5.41) is 6.82. The van der Waals surface area contributed by atoms with E-state index in [1.807, 2.05) is 31.2 Å². The van der Waals surface area contributed by atoms with Crippen molar-refractivity contribution in [1.29, 1.82) is 0 Å². The number of rotatable bonds is 3. The summed E-state index contributed by atoms with van der Waals surface area (Å²) in [4.78, 5) is 11.7. The van der Waals surface area contributed by atoms with Crippen LogP contribution >= 0.6 is 0 Å². The molecule has 0 fully saturated rings. The summed E-state index contributed by atoms with van der Waals surface area (Å²) in [6, 6.07) is 8.09. The first-order valence-corrected chi connectivity index (χ1v) is 5.47. The highest BCUT2D eigenvalue weighted by molar-refractivity contribution is 5.93. The van der Waals surface area contributed by atoms with E-state index in [2.05, 4.69) is 10.4 Å². The maximum absolute atomic E-state index is 11.7. The molecule has 4 heteroatoms. The Morgan fingerprint density at radius 1 is 1.35 bits per heavy atom. The van der Waals surface area contributed by atoms with Gasteiger partial charge < -0.3 is 5.32 Å². The van der Waals surface area contributed by atoms with Crippen LogP contribution in [0.4, 0.5) is 0 Å². The van der Waals surface area contributed by atoms with E-state index >= 15 is 0 Å². The fraction of sp³-hybridized carbons (Fsp3) is 0.231. The zero-order chi connectivity index (χ0) is 12.3. The van der Waals surface area contributed by atoms with Gasteiger partial charge in [-0.15, -0.1) is 0 Å². The van der Waals surface area contributed by atoms with Crippen LogP contribution in [0.3, 0.4) is 0 Å². The minimum atomic E-state index is -0.0984. The van der Waals surface area contributed by atoms with Crippen LogP contribution in [-0.4, -0.2) is 15.7 Å². The molecule has 0 radical (unpaired) electrons. The summed E-state index contributed by atoms with van der Waals surface area (Å²) in [6.45, 7) is 2.58. The quantitative estimate of drug-likeness (QED) is 0.870. The van der Waals surface area contributed by atoms with Gasteiger partial charge in [-0.25, -0.2) is 0 Å². The summed E-state index contributed by atoms with van der Waals surface area (Å²) in [5.41, 5.74) is 2.89. The second-order valence-electron chi connectivity index (χ2n) is 4.07. The molecule has 0 spiro atoms. The van der Waals surface area contributed by atoms with Crippen molar-refractivity contribution in [3.8, 4) is 0 Å². The van der Waals surface area contributed by atoms with E-state index in [0.29, 0.717) is 12.1 Å². The molecule has 1 heterocycles. The zero-order valence-corrected chi connectivity index (χ0v) is 9.97. The highest BCUT2D eigenvalue weighted by Crippen LogP contribution is 2.03. The fourth-order valence-corrected chi connectivity index (χ4v) is 1.53. The van der Waals surface area contributed by atoms with Gasteiger partial charge in [0.15, 0.2) is 0 Å². The lowest BCUT2D eigenvalue weighted by atomic mass is 10.1. The number of benzene rings is 1. The number of hydrogen-bond donors (Lipinski definition) is 1. The van der Waals surface area contributed by atoms with Crippen LogP contribution in [0.5, 0.6) is 0 Å². The first-order chi connectivity index (χ1) is 8.15. The lowest BCUT2D eigenvalue weighted by Crippen LogP contribution is -2.22. The Bertz CT molecular complexity index is 514. The predicted molar refractivity (Wildman–Crippen MR) is 65.6 cm³/mol. The van der Waals surface area contributed by atoms with Crippen molar-refractivity contribution in [2.24, 2.45) is 7.05 Å². The molecule has 0 unspecified atom stereocenters. The van der Waals surface area contributed by atoms with Gasteiger partial charge in [-0.2, -0.15) is 5.10 Å². The molecule has 0 bridgehead atoms. The number of carbonyl (C=O) groups is 1. The van der Waals surface area contributed by atoms with Gasteiger partial charge in [0.1, 0.15) is 0 Å². The molecule has 2 aromatic rings. The normalized spacial score (nSPS) is 10.2. The van der Waals surface area contributed by atoms with Gasteiger partial charge in [0.25, 0.3) is 5.91 Å². The van der Waals surface area contributed by atoms with E-state index in [9.17, 15) is 4.79 Å². The lowest BCUT2D eigenvalue weighted by molar-refractivity contribution is 0.0951. The minimum absolute atomic E-state index is 0.0984. The number of hydrogen-bond acceptors (Lipinski definition) is 2. The Labute approximate surface area is 100 Å².